The minimum absolute atomic E-state index is 0.157. The number of nitrogens with one attached hydrogen (secondary N) is 1. The van der Waals surface area contributed by atoms with Crippen LogP contribution in [-0.2, 0) is 14.3 Å². The monoisotopic (exact) mass is 367 g/mol. The van der Waals surface area contributed by atoms with Gasteiger partial charge < -0.3 is 14.8 Å². The highest BCUT2D eigenvalue weighted by Gasteiger charge is 2.15. The molecule has 0 saturated carbocycles. The number of hydrogen-bond acceptors (Lipinski definition) is 5. The van der Waals surface area contributed by atoms with E-state index in [1.165, 1.54) is 24.3 Å². The number of ether oxygens (including phenoxy) is 2. The number of hydrogen-bond donors (Lipinski definition) is 1. The molecule has 6 nitrogen and oxygen atoms in total. The van der Waals surface area contributed by atoms with Gasteiger partial charge in [0.15, 0.2) is 0 Å². The maximum Gasteiger partial charge on any atom is 0.338 e. The van der Waals surface area contributed by atoms with Gasteiger partial charge in [-0.25, -0.2) is 9.59 Å². The van der Waals surface area contributed by atoms with Gasteiger partial charge in [0.1, 0.15) is 0 Å². The van der Waals surface area contributed by atoms with Crippen molar-refractivity contribution < 1.29 is 23.9 Å². The summed E-state index contributed by atoms with van der Waals surface area (Å²) in [6, 6.07) is 13.6. The van der Waals surface area contributed by atoms with E-state index in [9.17, 15) is 14.4 Å². The first-order valence-electron chi connectivity index (χ1n) is 8.57. The van der Waals surface area contributed by atoms with Crippen LogP contribution in [0, 0.1) is 0 Å². The minimum atomic E-state index is -0.584. The third kappa shape index (κ3) is 6.11. The Labute approximate surface area is 157 Å². The van der Waals surface area contributed by atoms with Gasteiger partial charge in [-0.2, -0.15) is 0 Å². The van der Waals surface area contributed by atoms with Gasteiger partial charge in [-0.15, -0.1) is 0 Å². The third-order valence-corrected chi connectivity index (χ3v) is 3.45. The number of carbonyl (C=O) groups is 3. The lowest BCUT2D eigenvalue weighted by molar-refractivity contribution is -0.111. The Morgan fingerprint density at radius 2 is 1.44 bits per heavy atom. The molecule has 0 spiro atoms. The van der Waals surface area contributed by atoms with Gasteiger partial charge in [0.05, 0.1) is 24.3 Å². The summed E-state index contributed by atoms with van der Waals surface area (Å²) in [7, 11) is 0. The topological polar surface area (TPSA) is 81.7 Å². The molecule has 0 radical (unpaired) electrons. The summed E-state index contributed by atoms with van der Waals surface area (Å²) < 4.78 is 9.94. The fourth-order valence-corrected chi connectivity index (χ4v) is 2.28. The Kier molecular flexibility index (Phi) is 7.31. The third-order valence-electron chi connectivity index (χ3n) is 3.45. The van der Waals surface area contributed by atoms with Gasteiger partial charge in [0, 0.05) is 11.8 Å². The van der Waals surface area contributed by atoms with Crippen LogP contribution in [-0.4, -0.2) is 31.1 Å². The lowest BCUT2D eigenvalue weighted by Gasteiger charge is -2.09. The van der Waals surface area contributed by atoms with Crippen molar-refractivity contribution in [2.45, 2.75) is 13.8 Å². The molecule has 2 rings (SSSR count). The molecule has 0 saturated heterocycles. The Morgan fingerprint density at radius 1 is 0.889 bits per heavy atom. The number of rotatable bonds is 7. The standard InChI is InChI=1S/C21H21NO5/c1-3-26-20(24)16-12-17(21(25)27-4-2)14-18(13-16)22-19(23)11-10-15-8-6-5-7-9-15/h5-14H,3-4H2,1-2H3,(H,22,23)/b11-10+. The van der Waals surface area contributed by atoms with E-state index in [4.69, 9.17) is 9.47 Å². The van der Waals surface area contributed by atoms with Crippen LogP contribution in [0.25, 0.3) is 6.08 Å². The fraction of sp³-hybridized carbons (Fsp3) is 0.190. The number of esters is 2. The highest BCUT2D eigenvalue weighted by molar-refractivity contribution is 6.04. The van der Waals surface area contributed by atoms with E-state index in [2.05, 4.69) is 5.32 Å². The zero-order valence-corrected chi connectivity index (χ0v) is 15.2. The molecule has 0 aromatic heterocycles. The predicted octanol–water partition coefficient (Wildman–Crippen LogP) is 3.69. The summed E-state index contributed by atoms with van der Waals surface area (Å²) in [5.74, 6) is -1.56. The summed E-state index contributed by atoms with van der Waals surface area (Å²) in [6.07, 6.45) is 3.03. The molecule has 0 unspecified atom stereocenters. The quantitative estimate of drug-likeness (QED) is 0.596. The minimum Gasteiger partial charge on any atom is -0.462 e. The van der Waals surface area contributed by atoms with E-state index in [1.54, 1.807) is 19.9 Å². The molecule has 0 fully saturated rings. The first kappa shape index (κ1) is 19.9. The molecule has 2 aromatic carbocycles. The second kappa shape index (κ2) is 9.91. The number of benzene rings is 2. The normalized spacial score (nSPS) is 10.4. The van der Waals surface area contributed by atoms with Gasteiger partial charge in [-0.1, -0.05) is 30.3 Å². The van der Waals surface area contributed by atoms with E-state index in [0.29, 0.717) is 5.69 Å². The van der Waals surface area contributed by atoms with Crippen molar-refractivity contribution in [3.05, 3.63) is 71.3 Å². The van der Waals surface area contributed by atoms with Gasteiger partial charge in [-0.3, -0.25) is 4.79 Å². The zero-order valence-electron chi connectivity index (χ0n) is 15.2. The first-order chi connectivity index (χ1) is 13.0. The molecule has 1 N–H and O–H groups in total. The van der Waals surface area contributed by atoms with E-state index >= 15 is 0 Å². The molecule has 2 aromatic rings. The molecule has 0 heterocycles. The Bertz CT molecular complexity index is 807. The summed E-state index contributed by atoms with van der Waals surface area (Å²) in [4.78, 5) is 36.2. The summed E-state index contributed by atoms with van der Waals surface area (Å²) in [5, 5.41) is 2.65. The van der Waals surface area contributed by atoms with Gasteiger partial charge >= 0.3 is 11.9 Å². The smallest absolute Gasteiger partial charge is 0.338 e. The summed E-state index contributed by atoms with van der Waals surface area (Å²) in [6.45, 7) is 3.77. The average molecular weight is 367 g/mol. The van der Waals surface area contributed by atoms with E-state index in [1.807, 2.05) is 30.3 Å². The zero-order chi connectivity index (χ0) is 19.6. The van der Waals surface area contributed by atoms with Crippen molar-refractivity contribution in [1.29, 1.82) is 0 Å². The van der Waals surface area contributed by atoms with Crippen molar-refractivity contribution in [3.8, 4) is 0 Å². The molecule has 6 heteroatoms. The molecule has 0 atom stereocenters. The molecule has 140 valence electrons. The van der Waals surface area contributed by atoms with Crippen LogP contribution in [0.15, 0.2) is 54.6 Å². The van der Waals surface area contributed by atoms with Crippen LogP contribution in [0.4, 0.5) is 5.69 Å². The molecular weight excluding hydrogens is 346 g/mol. The second-order valence-electron chi connectivity index (χ2n) is 5.47. The highest BCUT2D eigenvalue weighted by Crippen LogP contribution is 2.17. The molecule has 0 bridgehead atoms. The van der Waals surface area contributed by atoms with E-state index in [-0.39, 0.29) is 24.3 Å². The summed E-state index contributed by atoms with van der Waals surface area (Å²) >= 11 is 0. The van der Waals surface area contributed by atoms with Crippen LogP contribution in [0.2, 0.25) is 0 Å². The Morgan fingerprint density at radius 3 is 1.96 bits per heavy atom. The van der Waals surface area contributed by atoms with Crippen molar-refractivity contribution in [2.75, 3.05) is 18.5 Å². The van der Waals surface area contributed by atoms with Crippen LogP contribution in [0.1, 0.15) is 40.1 Å². The molecule has 27 heavy (non-hydrogen) atoms. The SMILES string of the molecule is CCOC(=O)c1cc(NC(=O)/C=C/c2ccccc2)cc(C(=O)OCC)c1. The van der Waals surface area contributed by atoms with Gasteiger partial charge in [0.25, 0.3) is 0 Å². The lowest BCUT2D eigenvalue weighted by Crippen LogP contribution is -2.13. The number of anilines is 1. The predicted molar refractivity (Wildman–Crippen MR) is 102 cm³/mol. The summed E-state index contributed by atoms with van der Waals surface area (Å²) in [5.41, 5.74) is 1.49. The van der Waals surface area contributed by atoms with Crippen LogP contribution < -0.4 is 5.32 Å². The molecule has 1 amide bonds. The average Bonchev–Trinajstić information content (AvgIpc) is 2.67. The maximum absolute atomic E-state index is 12.2. The maximum atomic E-state index is 12.2. The lowest BCUT2D eigenvalue weighted by atomic mass is 10.1. The van der Waals surface area contributed by atoms with Crippen LogP contribution >= 0.6 is 0 Å². The van der Waals surface area contributed by atoms with Gasteiger partial charge in [0.2, 0.25) is 5.91 Å². The Balaban J connectivity index is 2.23. The van der Waals surface area contributed by atoms with Crippen LogP contribution in [0.5, 0.6) is 0 Å². The van der Waals surface area contributed by atoms with Crippen molar-refractivity contribution in [1.82, 2.24) is 0 Å². The van der Waals surface area contributed by atoms with Crippen molar-refractivity contribution in [2.24, 2.45) is 0 Å². The Hall–Kier alpha value is -3.41. The largest absolute Gasteiger partial charge is 0.462 e. The molecular formula is C21H21NO5. The van der Waals surface area contributed by atoms with Crippen molar-refractivity contribution in [3.63, 3.8) is 0 Å². The van der Waals surface area contributed by atoms with Crippen LogP contribution in [0.3, 0.4) is 0 Å². The molecule has 0 aliphatic rings. The first-order valence-corrected chi connectivity index (χ1v) is 8.57. The van der Waals surface area contributed by atoms with Crippen molar-refractivity contribution >= 4 is 29.6 Å². The molecule has 0 aliphatic carbocycles. The molecule has 0 aliphatic heterocycles. The second-order valence-corrected chi connectivity index (χ2v) is 5.47. The van der Waals surface area contributed by atoms with E-state index < -0.39 is 17.8 Å². The highest BCUT2D eigenvalue weighted by atomic mass is 16.5. The number of amides is 1. The number of carbonyl (C=O) groups excluding carboxylic acids is 3. The van der Waals surface area contributed by atoms with Gasteiger partial charge in [-0.05, 0) is 43.7 Å². The fourth-order valence-electron chi connectivity index (χ4n) is 2.28. The van der Waals surface area contributed by atoms with E-state index in [0.717, 1.165) is 5.56 Å².